The summed E-state index contributed by atoms with van der Waals surface area (Å²) in [5, 5.41) is 12.0. The molecule has 0 radical (unpaired) electrons. The van der Waals surface area contributed by atoms with Crippen LogP contribution in [0.25, 0.3) is 6.08 Å². The van der Waals surface area contributed by atoms with Crippen molar-refractivity contribution in [1.82, 2.24) is 0 Å². The Morgan fingerprint density at radius 3 is 2.46 bits per heavy atom. The number of thioether (sulfide) groups is 1. The number of alkyl halides is 2. The van der Waals surface area contributed by atoms with Crippen molar-refractivity contribution < 1.29 is 31.5 Å². The Hall–Kier alpha value is -4.08. The number of nitrogens with zero attached hydrogens (tertiary/aromatic N) is 1. The molecule has 0 spiro atoms. The Labute approximate surface area is 216 Å². The third-order valence-corrected chi connectivity index (χ3v) is 7.39. The molecule has 1 aliphatic heterocycles. The number of sulfonamides is 1. The zero-order chi connectivity index (χ0) is 26.6. The predicted octanol–water partition coefficient (Wildman–Crippen LogP) is 5.38. The van der Waals surface area contributed by atoms with Crippen molar-refractivity contribution in [2.75, 3.05) is 16.8 Å². The van der Waals surface area contributed by atoms with E-state index in [1.807, 2.05) is 6.07 Å². The van der Waals surface area contributed by atoms with Crippen LogP contribution >= 0.6 is 11.8 Å². The molecule has 0 saturated heterocycles. The highest BCUT2D eigenvalue weighted by Gasteiger charge is 2.20. The van der Waals surface area contributed by atoms with Gasteiger partial charge in [-0.05, 0) is 72.7 Å². The number of fused-ring (bicyclic) bond motifs is 1. The molecule has 0 aliphatic carbocycles. The molecule has 190 valence electrons. The fourth-order valence-electron chi connectivity index (χ4n) is 3.40. The maximum atomic E-state index is 13.0. The molecule has 12 heteroatoms. The Balaban J connectivity index is 1.51. The zero-order valence-electron chi connectivity index (χ0n) is 19.2. The summed E-state index contributed by atoms with van der Waals surface area (Å²) in [5.41, 5.74) is 1.10. The highest BCUT2D eigenvalue weighted by atomic mass is 32.2. The monoisotopic (exact) mass is 543 g/mol. The van der Waals surface area contributed by atoms with Crippen molar-refractivity contribution >= 4 is 45.1 Å². The van der Waals surface area contributed by atoms with Crippen LogP contribution in [0.4, 0.5) is 20.2 Å². The van der Waals surface area contributed by atoms with Crippen LogP contribution < -0.4 is 19.5 Å². The van der Waals surface area contributed by atoms with Crippen LogP contribution in [0.5, 0.6) is 11.5 Å². The fourth-order valence-corrected chi connectivity index (χ4v) is 5.23. The average molecular weight is 544 g/mol. The summed E-state index contributed by atoms with van der Waals surface area (Å²) in [4.78, 5) is 12.9. The lowest BCUT2D eigenvalue weighted by Gasteiger charge is -2.13. The lowest BCUT2D eigenvalue weighted by Crippen LogP contribution is -2.17. The molecule has 4 rings (SSSR count). The molecule has 1 aliphatic rings. The average Bonchev–Trinajstić information content (AvgIpc) is 3.32. The Bertz CT molecular complexity index is 1520. The topological polar surface area (TPSA) is 118 Å². The maximum absolute atomic E-state index is 13.0. The van der Waals surface area contributed by atoms with E-state index in [0.717, 1.165) is 0 Å². The van der Waals surface area contributed by atoms with E-state index in [4.69, 9.17) is 9.47 Å². The molecule has 1 heterocycles. The zero-order valence-corrected chi connectivity index (χ0v) is 20.8. The van der Waals surface area contributed by atoms with Crippen molar-refractivity contribution in [3.63, 3.8) is 0 Å². The van der Waals surface area contributed by atoms with E-state index in [-0.39, 0.29) is 28.6 Å². The van der Waals surface area contributed by atoms with E-state index >= 15 is 0 Å². The van der Waals surface area contributed by atoms with E-state index in [0.29, 0.717) is 39.3 Å². The van der Waals surface area contributed by atoms with Gasteiger partial charge in [0.1, 0.15) is 11.6 Å². The number of anilines is 2. The molecule has 0 unspecified atom stereocenters. The second-order valence-corrected chi connectivity index (χ2v) is 10.4. The number of nitrogens with one attached hydrogen (secondary N) is 2. The van der Waals surface area contributed by atoms with Crippen LogP contribution in [-0.4, -0.2) is 26.9 Å². The standard InChI is InChI=1S/C25H19F2N3O5S2/c1-15-2-4-19(12-23(15)37(32,33)30-18-5-7-20(8-6-18)36-25(26)27)29-24(31)17(13-28)10-16-3-9-21-22(11-16)35-14-34-21/h2-12,25,30H,14H2,1H3,(H,29,31)/b17-10+. The molecule has 37 heavy (non-hydrogen) atoms. The predicted molar refractivity (Wildman–Crippen MR) is 135 cm³/mol. The molecule has 3 aromatic carbocycles. The first kappa shape index (κ1) is 26.0. The van der Waals surface area contributed by atoms with Gasteiger partial charge >= 0.3 is 0 Å². The summed E-state index contributed by atoms with van der Waals surface area (Å²) >= 11 is 0.351. The number of ether oxygens (including phenoxy) is 2. The van der Waals surface area contributed by atoms with Crippen LogP contribution in [0.3, 0.4) is 0 Å². The number of carbonyl (C=O) groups is 1. The van der Waals surface area contributed by atoms with Crippen molar-refractivity contribution in [1.29, 1.82) is 5.26 Å². The fraction of sp³-hybridized carbons (Fsp3) is 0.120. The molecular formula is C25H19F2N3O5S2. The Morgan fingerprint density at radius 1 is 1.05 bits per heavy atom. The summed E-state index contributed by atoms with van der Waals surface area (Å²) in [5.74, 6) is -2.26. The van der Waals surface area contributed by atoms with Crippen molar-refractivity contribution in [3.8, 4) is 17.6 Å². The molecular weight excluding hydrogens is 524 g/mol. The minimum atomic E-state index is -4.08. The first-order valence-electron chi connectivity index (χ1n) is 10.7. The minimum absolute atomic E-state index is 0.0880. The number of carbonyl (C=O) groups excluding carboxylic acids is 1. The van der Waals surface area contributed by atoms with Gasteiger partial charge in [-0.3, -0.25) is 9.52 Å². The quantitative estimate of drug-likeness (QED) is 0.222. The van der Waals surface area contributed by atoms with Gasteiger partial charge < -0.3 is 14.8 Å². The van der Waals surface area contributed by atoms with Gasteiger partial charge in [0.25, 0.3) is 21.7 Å². The lowest BCUT2D eigenvalue weighted by molar-refractivity contribution is -0.112. The van der Waals surface area contributed by atoms with Gasteiger partial charge in [0.2, 0.25) is 6.79 Å². The number of benzene rings is 3. The van der Waals surface area contributed by atoms with E-state index in [9.17, 15) is 27.3 Å². The molecule has 2 N–H and O–H groups in total. The van der Waals surface area contributed by atoms with Crippen molar-refractivity contribution in [3.05, 3.63) is 77.4 Å². The normalized spacial score (nSPS) is 12.8. The Kier molecular flexibility index (Phi) is 7.66. The summed E-state index contributed by atoms with van der Waals surface area (Å²) in [6, 6.07) is 16.6. The third-order valence-electron chi connectivity index (χ3n) is 5.14. The third kappa shape index (κ3) is 6.38. The van der Waals surface area contributed by atoms with Gasteiger partial charge in [0, 0.05) is 16.3 Å². The molecule has 0 bridgehead atoms. The number of nitriles is 1. The highest BCUT2D eigenvalue weighted by Crippen LogP contribution is 2.33. The van der Waals surface area contributed by atoms with Crippen LogP contribution in [-0.2, 0) is 14.8 Å². The number of hydrogen-bond donors (Lipinski definition) is 2. The van der Waals surface area contributed by atoms with Crippen LogP contribution in [0.15, 0.2) is 76.0 Å². The molecule has 0 aromatic heterocycles. The van der Waals surface area contributed by atoms with Crippen LogP contribution in [0.2, 0.25) is 0 Å². The van der Waals surface area contributed by atoms with Gasteiger partial charge in [0.15, 0.2) is 11.5 Å². The summed E-state index contributed by atoms with van der Waals surface area (Å²) in [7, 11) is -4.08. The molecule has 0 saturated carbocycles. The molecule has 8 nitrogen and oxygen atoms in total. The van der Waals surface area contributed by atoms with E-state index in [1.165, 1.54) is 48.5 Å². The second kappa shape index (κ2) is 10.9. The van der Waals surface area contributed by atoms with Crippen LogP contribution in [0, 0.1) is 18.3 Å². The largest absolute Gasteiger partial charge is 0.454 e. The molecule has 0 fully saturated rings. The van der Waals surface area contributed by atoms with Gasteiger partial charge in [-0.1, -0.05) is 23.9 Å². The molecule has 3 aromatic rings. The van der Waals surface area contributed by atoms with E-state index < -0.39 is 21.7 Å². The van der Waals surface area contributed by atoms with Crippen molar-refractivity contribution in [2.45, 2.75) is 22.5 Å². The number of rotatable bonds is 8. The molecule has 1 amide bonds. The number of aryl methyl sites for hydroxylation is 1. The maximum Gasteiger partial charge on any atom is 0.288 e. The van der Waals surface area contributed by atoms with Crippen molar-refractivity contribution in [2.24, 2.45) is 0 Å². The smallest absolute Gasteiger partial charge is 0.288 e. The summed E-state index contributed by atoms with van der Waals surface area (Å²) < 4.78 is 64.0. The number of halogens is 2. The first-order chi connectivity index (χ1) is 17.6. The van der Waals surface area contributed by atoms with Crippen LogP contribution in [0.1, 0.15) is 11.1 Å². The lowest BCUT2D eigenvalue weighted by atomic mass is 10.1. The number of amides is 1. The van der Waals surface area contributed by atoms with E-state index in [1.54, 1.807) is 25.1 Å². The SMILES string of the molecule is Cc1ccc(NC(=O)/C(C#N)=C/c2ccc3c(c2)OCO3)cc1S(=O)(=O)Nc1ccc(SC(F)F)cc1. The summed E-state index contributed by atoms with van der Waals surface area (Å²) in [6.45, 7) is 1.67. The van der Waals surface area contributed by atoms with Gasteiger partial charge in [-0.15, -0.1) is 0 Å². The second-order valence-electron chi connectivity index (χ2n) is 7.73. The first-order valence-corrected chi connectivity index (χ1v) is 13.0. The summed E-state index contributed by atoms with van der Waals surface area (Å²) in [6.07, 6.45) is 1.38. The van der Waals surface area contributed by atoms with E-state index in [2.05, 4.69) is 10.0 Å². The molecule has 0 atom stereocenters. The van der Waals surface area contributed by atoms with Gasteiger partial charge in [-0.25, -0.2) is 8.42 Å². The van der Waals surface area contributed by atoms with Gasteiger partial charge in [0.05, 0.1) is 4.90 Å². The Morgan fingerprint density at radius 2 is 1.76 bits per heavy atom. The minimum Gasteiger partial charge on any atom is -0.454 e. The number of hydrogen-bond acceptors (Lipinski definition) is 7. The van der Waals surface area contributed by atoms with Gasteiger partial charge in [-0.2, -0.15) is 14.0 Å². The highest BCUT2D eigenvalue weighted by molar-refractivity contribution is 7.99.